The molecular formula is C29H30N6O3S. The van der Waals surface area contributed by atoms with E-state index < -0.39 is 11.5 Å². The van der Waals surface area contributed by atoms with E-state index in [9.17, 15) is 14.9 Å². The molecule has 0 bridgehead atoms. The Morgan fingerprint density at radius 3 is 2.69 bits per heavy atom. The summed E-state index contributed by atoms with van der Waals surface area (Å²) >= 11 is 1.52. The Kier molecular flexibility index (Phi) is 7.35. The molecule has 1 unspecified atom stereocenters. The average molecular weight is 543 g/mol. The average Bonchev–Trinajstić information content (AvgIpc) is 3.47. The fraction of sp³-hybridized carbons (Fsp3) is 0.345. The first kappa shape index (κ1) is 26.4. The van der Waals surface area contributed by atoms with Crippen molar-refractivity contribution in [1.29, 1.82) is 10.7 Å². The molecule has 2 saturated heterocycles. The quantitative estimate of drug-likeness (QED) is 0.487. The van der Waals surface area contributed by atoms with Crippen LogP contribution in [0, 0.1) is 28.6 Å². The molecule has 10 heteroatoms. The van der Waals surface area contributed by atoms with Crippen molar-refractivity contribution >= 4 is 29.3 Å². The molecule has 2 fully saturated rings. The third-order valence-corrected chi connectivity index (χ3v) is 8.89. The van der Waals surface area contributed by atoms with Crippen LogP contribution in [0.15, 0.2) is 60.2 Å². The number of hydrogen-bond donors (Lipinski definition) is 2. The van der Waals surface area contributed by atoms with Crippen LogP contribution in [0.4, 0.5) is 4.79 Å². The Bertz CT molecular complexity index is 1430. The van der Waals surface area contributed by atoms with Crippen molar-refractivity contribution < 1.29 is 14.3 Å². The maximum Gasteiger partial charge on any atom is 0.410 e. The molecule has 0 radical (unpaired) electrons. The summed E-state index contributed by atoms with van der Waals surface area (Å²) in [6.07, 6.45) is 4.21. The minimum atomic E-state index is -0.801. The third-order valence-electron chi connectivity index (χ3n) is 7.72. The number of guanidine groups is 1. The summed E-state index contributed by atoms with van der Waals surface area (Å²) in [4.78, 5) is 34.6. The molecule has 2 aliphatic heterocycles. The van der Waals surface area contributed by atoms with Crippen molar-refractivity contribution in [3.05, 3.63) is 76.2 Å². The zero-order chi connectivity index (χ0) is 27.6. The lowest BCUT2D eigenvalue weighted by molar-refractivity contribution is -0.139. The zero-order valence-electron chi connectivity index (χ0n) is 21.9. The Balaban J connectivity index is 1.33. The fourth-order valence-corrected chi connectivity index (χ4v) is 6.58. The molecule has 4 heterocycles. The first-order chi connectivity index (χ1) is 18.8. The van der Waals surface area contributed by atoms with Gasteiger partial charge in [-0.1, -0.05) is 30.3 Å². The summed E-state index contributed by atoms with van der Waals surface area (Å²) in [5.74, 6) is -0.453. The number of thiophene rings is 1. The van der Waals surface area contributed by atoms with Gasteiger partial charge in [0.25, 0.3) is 0 Å². The van der Waals surface area contributed by atoms with Crippen LogP contribution in [0.1, 0.15) is 35.8 Å². The van der Waals surface area contributed by atoms with Crippen LogP contribution in [0.2, 0.25) is 0 Å². The number of benzene rings is 1. The lowest BCUT2D eigenvalue weighted by Gasteiger charge is -2.49. The SMILES string of the molecule is CN1C(=N)N[C@](C)(c2cc(-c3cncc(C#N)c3)cs2)C(C2CCN(C(=O)OCc3ccccc3)CC2)C1=O. The fourth-order valence-electron chi connectivity index (χ4n) is 5.51. The van der Waals surface area contributed by atoms with E-state index in [-0.39, 0.29) is 30.5 Å². The van der Waals surface area contributed by atoms with Gasteiger partial charge in [-0.05, 0) is 54.3 Å². The van der Waals surface area contributed by atoms with Crippen molar-refractivity contribution in [3.63, 3.8) is 0 Å². The second-order valence-corrected chi connectivity index (χ2v) is 11.1. The Hall–Kier alpha value is -4.23. The van der Waals surface area contributed by atoms with Crippen LogP contribution in [0.3, 0.4) is 0 Å². The standard InChI is InChI=1S/C29H30N6O3S/c1-29(24-13-23(18-39-24)22-12-20(14-30)15-32-16-22)25(26(36)34(2)27(31)33-29)21-8-10-35(11-9-21)28(37)38-17-19-6-4-3-5-7-19/h3-7,12-13,15-16,18,21,25H,8-11,17H2,1-2H3,(H2,31,33)/t25?,29-/m1/s1. The monoisotopic (exact) mass is 542 g/mol. The number of likely N-dealkylation sites (tertiary alicyclic amines) is 1. The summed E-state index contributed by atoms with van der Waals surface area (Å²) in [6, 6.07) is 15.5. The molecule has 2 aliphatic rings. The lowest BCUT2D eigenvalue weighted by atomic mass is 9.70. The molecule has 1 aromatic carbocycles. The molecule has 2 aromatic heterocycles. The summed E-state index contributed by atoms with van der Waals surface area (Å²) in [5.41, 5.74) is 2.35. The molecule has 200 valence electrons. The van der Waals surface area contributed by atoms with Crippen molar-refractivity contribution in [2.24, 2.45) is 11.8 Å². The number of nitriles is 1. The third kappa shape index (κ3) is 5.22. The summed E-state index contributed by atoms with van der Waals surface area (Å²) < 4.78 is 5.52. The number of hydrogen-bond acceptors (Lipinski definition) is 7. The van der Waals surface area contributed by atoms with E-state index in [0.717, 1.165) is 21.6 Å². The molecule has 0 aliphatic carbocycles. The van der Waals surface area contributed by atoms with Crippen LogP contribution in [0.5, 0.6) is 0 Å². The second-order valence-electron chi connectivity index (χ2n) is 10.2. The minimum absolute atomic E-state index is 0.0119. The first-order valence-corrected chi connectivity index (χ1v) is 13.7. The number of carbonyl (C=O) groups is 2. The van der Waals surface area contributed by atoms with Crippen LogP contribution in [-0.4, -0.2) is 52.9 Å². The molecule has 3 aromatic rings. The maximum absolute atomic E-state index is 13.7. The number of carbonyl (C=O) groups excluding carboxylic acids is 2. The van der Waals surface area contributed by atoms with E-state index in [0.29, 0.717) is 31.5 Å². The molecule has 0 spiro atoms. The van der Waals surface area contributed by atoms with E-state index >= 15 is 0 Å². The van der Waals surface area contributed by atoms with Crippen LogP contribution < -0.4 is 5.32 Å². The highest BCUT2D eigenvalue weighted by molar-refractivity contribution is 7.10. The summed E-state index contributed by atoms with van der Waals surface area (Å²) in [5, 5.41) is 23.0. The van der Waals surface area contributed by atoms with Crippen LogP contribution >= 0.6 is 11.3 Å². The molecule has 2 amide bonds. The van der Waals surface area contributed by atoms with Gasteiger partial charge in [0.05, 0.1) is 17.0 Å². The lowest BCUT2D eigenvalue weighted by Crippen LogP contribution is -2.65. The molecule has 39 heavy (non-hydrogen) atoms. The van der Waals surface area contributed by atoms with E-state index in [1.54, 1.807) is 24.2 Å². The topological polar surface area (TPSA) is 122 Å². The molecule has 5 rings (SSSR count). The Labute approximate surface area is 231 Å². The van der Waals surface area contributed by atoms with Crippen molar-refractivity contribution in [2.75, 3.05) is 20.1 Å². The van der Waals surface area contributed by atoms with Crippen molar-refractivity contribution in [3.8, 4) is 17.2 Å². The van der Waals surface area contributed by atoms with Crippen LogP contribution in [-0.2, 0) is 21.7 Å². The maximum atomic E-state index is 13.7. The predicted octanol–water partition coefficient (Wildman–Crippen LogP) is 4.56. The summed E-state index contributed by atoms with van der Waals surface area (Å²) in [7, 11) is 1.62. The molecule has 9 nitrogen and oxygen atoms in total. The first-order valence-electron chi connectivity index (χ1n) is 12.8. The predicted molar refractivity (Wildman–Crippen MR) is 148 cm³/mol. The number of nitrogens with zero attached hydrogens (tertiary/aromatic N) is 4. The second kappa shape index (κ2) is 10.9. The minimum Gasteiger partial charge on any atom is -0.445 e. The van der Waals surface area contributed by atoms with Gasteiger partial charge in [0.2, 0.25) is 5.91 Å². The van der Waals surface area contributed by atoms with Crippen molar-refractivity contribution in [2.45, 2.75) is 31.9 Å². The van der Waals surface area contributed by atoms with Gasteiger partial charge in [-0.15, -0.1) is 11.3 Å². The number of aromatic nitrogens is 1. The van der Waals surface area contributed by atoms with Gasteiger partial charge >= 0.3 is 6.09 Å². The van der Waals surface area contributed by atoms with Crippen molar-refractivity contribution in [1.82, 2.24) is 20.1 Å². The van der Waals surface area contributed by atoms with Gasteiger partial charge in [-0.2, -0.15) is 5.26 Å². The molecule has 2 atom stereocenters. The van der Waals surface area contributed by atoms with Gasteiger partial charge < -0.3 is 15.0 Å². The largest absolute Gasteiger partial charge is 0.445 e. The van der Waals surface area contributed by atoms with E-state index in [4.69, 9.17) is 10.1 Å². The highest BCUT2D eigenvalue weighted by Gasteiger charge is 2.52. The van der Waals surface area contributed by atoms with Gasteiger partial charge in [0.1, 0.15) is 12.7 Å². The van der Waals surface area contributed by atoms with E-state index in [1.807, 2.05) is 48.7 Å². The summed E-state index contributed by atoms with van der Waals surface area (Å²) in [6.45, 7) is 3.21. The van der Waals surface area contributed by atoms with Gasteiger partial charge in [-0.25, -0.2) is 4.79 Å². The van der Waals surface area contributed by atoms with Gasteiger partial charge in [0, 0.05) is 43.0 Å². The molecule has 2 N–H and O–H groups in total. The number of ether oxygens (including phenoxy) is 1. The highest BCUT2D eigenvalue weighted by atomic mass is 32.1. The number of nitrogens with one attached hydrogen (secondary N) is 2. The smallest absolute Gasteiger partial charge is 0.410 e. The number of piperidine rings is 1. The molecular weight excluding hydrogens is 512 g/mol. The van der Waals surface area contributed by atoms with Gasteiger partial charge in [0.15, 0.2) is 5.96 Å². The zero-order valence-corrected chi connectivity index (χ0v) is 22.7. The number of pyridine rings is 1. The Morgan fingerprint density at radius 1 is 1.23 bits per heavy atom. The normalized spacial score (nSPS) is 21.8. The van der Waals surface area contributed by atoms with Crippen LogP contribution in [0.25, 0.3) is 11.1 Å². The highest BCUT2D eigenvalue weighted by Crippen LogP contribution is 2.45. The number of rotatable bonds is 5. The van der Waals surface area contributed by atoms with E-state index in [1.165, 1.54) is 22.4 Å². The van der Waals surface area contributed by atoms with Gasteiger partial charge in [-0.3, -0.25) is 20.1 Å². The number of amides is 2. The Morgan fingerprint density at radius 2 is 1.97 bits per heavy atom. The van der Waals surface area contributed by atoms with E-state index in [2.05, 4.69) is 16.4 Å². The molecule has 0 saturated carbocycles.